The molecule has 8 nitrogen and oxygen atoms in total. The van der Waals surface area contributed by atoms with Gasteiger partial charge in [0, 0.05) is 36.6 Å². The zero-order valence-electron chi connectivity index (χ0n) is 16.4. The van der Waals surface area contributed by atoms with E-state index in [1.807, 2.05) is 6.07 Å². The maximum absolute atomic E-state index is 12.5. The number of hydrogen-bond acceptors (Lipinski definition) is 5. The van der Waals surface area contributed by atoms with E-state index in [2.05, 4.69) is 15.4 Å². The Morgan fingerprint density at radius 2 is 1.97 bits per heavy atom. The van der Waals surface area contributed by atoms with Gasteiger partial charge in [0.25, 0.3) is 5.91 Å². The largest absolute Gasteiger partial charge is 0.478 e. The Kier molecular flexibility index (Phi) is 6.03. The smallest absolute Gasteiger partial charge is 0.345 e. The lowest BCUT2D eigenvalue weighted by molar-refractivity contribution is -0.134. The van der Waals surface area contributed by atoms with Gasteiger partial charge in [0.1, 0.15) is 5.75 Å². The number of pyridine rings is 1. The van der Waals surface area contributed by atoms with Gasteiger partial charge >= 0.3 is 5.69 Å². The van der Waals surface area contributed by atoms with Crippen LogP contribution >= 0.6 is 11.6 Å². The van der Waals surface area contributed by atoms with Crippen LogP contribution in [0.2, 0.25) is 5.02 Å². The molecule has 0 fully saturated rings. The van der Waals surface area contributed by atoms with Gasteiger partial charge in [0.15, 0.2) is 11.4 Å². The summed E-state index contributed by atoms with van der Waals surface area (Å²) in [7, 11) is 1.65. The molecule has 0 unspecified atom stereocenters. The topological polar surface area (TPSA) is 91.0 Å². The van der Waals surface area contributed by atoms with Gasteiger partial charge in [-0.2, -0.15) is 0 Å². The second-order valence-corrected chi connectivity index (χ2v) is 7.39. The Labute approximate surface area is 173 Å². The van der Waals surface area contributed by atoms with Gasteiger partial charge < -0.3 is 10.1 Å². The predicted molar refractivity (Wildman–Crippen MR) is 110 cm³/mol. The Morgan fingerprint density at radius 1 is 1.24 bits per heavy atom. The van der Waals surface area contributed by atoms with E-state index >= 15 is 0 Å². The molecule has 9 heteroatoms. The number of carbonyl (C=O) groups is 1. The van der Waals surface area contributed by atoms with Crippen LogP contribution in [-0.4, -0.2) is 37.4 Å². The molecule has 29 heavy (non-hydrogen) atoms. The Hall–Kier alpha value is -3.13. The van der Waals surface area contributed by atoms with Crippen LogP contribution in [0, 0.1) is 0 Å². The Bertz CT molecular complexity index is 1040. The molecule has 3 aromatic rings. The summed E-state index contributed by atoms with van der Waals surface area (Å²) >= 11 is 5.86. The van der Waals surface area contributed by atoms with Crippen molar-refractivity contribution in [1.29, 1.82) is 0 Å². The predicted octanol–water partition coefficient (Wildman–Crippen LogP) is 2.27. The van der Waals surface area contributed by atoms with Crippen LogP contribution in [0.1, 0.15) is 13.8 Å². The van der Waals surface area contributed by atoms with Crippen molar-refractivity contribution in [3.8, 4) is 17.1 Å². The van der Waals surface area contributed by atoms with Gasteiger partial charge in [-0.1, -0.05) is 11.6 Å². The molecule has 1 N–H and O–H groups in total. The first-order chi connectivity index (χ1) is 13.8. The van der Waals surface area contributed by atoms with Crippen LogP contribution in [0.25, 0.3) is 11.4 Å². The molecule has 2 heterocycles. The van der Waals surface area contributed by atoms with E-state index < -0.39 is 5.60 Å². The first-order valence-electron chi connectivity index (χ1n) is 9.05. The van der Waals surface area contributed by atoms with E-state index in [9.17, 15) is 9.59 Å². The van der Waals surface area contributed by atoms with Gasteiger partial charge in [0.2, 0.25) is 0 Å². The van der Waals surface area contributed by atoms with E-state index in [1.165, 1.54) is 9.25 Å². The summed E-state index contributed by atoms with van der Waals surface area (Å²) in [6.45, 7) is 3.81. The lowest BCUT2D eigenvalue weighted by Gasteiger charge is -2.25. The second-order valence-electron chi connectivity index (χ2n) is 6.95. The first kappa shape index (κ1) is 20.6. The van der Waals surface area contributed by atoms with Gasteiger partial charge in [-0.3, -0.25) is 14.3 Å². The van der Waals surface area contributed by atoms with E-state index in [1.54, 1.807) is 63.6 Å². The molecule has 0 bridgehead atoms. The number of nitrogens with one attached hydrogen (secondary N) is 1. The lowest BCUT2D eigenvalue weighted by Crippen LogP contribution is -2.47. The van der Waals surface area contributed by atoms with Crippen molar-refractivity contribution in [3.63, 3.8) is 0 Å². The van der Waals surface area contributed by atoms with Crippen molar-refractivity contribution in [3.05, 3.63) is 64.3 Å². The summed E-state index contributed by atoms with van der Waals surface area (Å²) in [5.74, 6) is 0.751. The van der Waals surface area contributed by atoms with E-state index in [4.69, 9.17) is 16.3 Å². The molecule has 1 aromatic carbocycles. The fraction of sp³-hybridized carbons (Fsp3) is 0.300. The summed E-state index contributed by atoms with van der Waals surface area (Å²) in [4.78, 5) is 29.0. The van der Waals surface area contributed by atoms with E-state index in [-0.39, 0.29) is 24.7 Å². The molecule has 0 aliphatic heterocycles. The average Bonchev–Trinajstić information content (AvgIpc) is 2.99. The van der Waals surface area contributed by atoms with Gasteiger partial charge in [-0.05, 0) is 50.2 Å². The first-order valence-corrected chi connectivity index (χ1v) is 9.43. The molecule has 0 aliphatic carbocycles. The molecule has 1 amide bonds. The zero-order chi connectivity index (χ0) is 21.0. The molecular formula is C20H22ClN5O3. The molecule has 2 aromatic heterocycles. The summed E-state index contributed by atoms with van der Waals surface area (Å²) in [6, 6.07) is 10.4. The van der Waals surface area contributed by atoms with Crippen LogP contribution in [0.15, 0.2) is 53.6 Å². The molecular weight excluding hydrogens is 394 g/mol. The fourth-order valence-corrected chi connectivity index (χ4v) is 2.84. The third kappa shape index (κ3) is 4.83. The molecule has 0 spiro atoms. The Morgan fingerprint density at radius 3 is 2.62 bits per heavy atom. The third-order valence-electron chi connectivity index (χ3n) is 4.30. The summed E-state index contributed by atoms with van der Waals surface area (Å²) in [6.07, 6.45) is 3.30. The van der Waals surface area contributed by atoms with Crippen LogP contribution < -0.4 is 15.7 Å². The third-order valence-corrected chi connectivity index (χ3v) is 4.56. The van der Waals surface area contributed by atoms with Crippen molar-refractivity contribution in [2.45, 2.75) is 26.0 Å². The highest BCUT2D eigenvalue weighted by molar-refractivity contribution is 6.30. The lowest BCUT2D eigenvalue weighted by atomic mass is 10.1. The SMILES string of the molecule is Cn1c(-c2cccnc2)nn(CCNC(=O)C(C)(C)Oc2ccc(Cl)cc2)c1=O. The highest BCUT2D eigenvalue weighted by atomic mass is 35.5. The van der Waals surface area contributed by atoms with Crippen molar-refractivity contribution >= 4 is 17.5 Å². The number of halogens is 1. The standard InChI is InChI=1S/C20H22ClN5O3/c1-20(2,29-16-8-6-15(21)7-9-16)18(27)23-11-12-26-19(28)25(3)17(24-26)14-5-4-10-22-13-14/h4-10,13H,11-12H2,1-3H3,(H,23,27). The molecule has 0 aliphatic rings. The molecule has 152 valence electrons. The number of carbonyl (C=O) groups excluding carboxylic acids is 1. The number of aromatic nitrogens is 4. The number of ether oxygens (including phenoxy) is 1. The van der Waals surface area contributed by atoms with Gasteiger partial charge in [-0.15, -0.1) is 5.10 Å². The summed E-state index contributed by atoms with van der Waals surface area (Å²) < 4.78 is 8.53. The van der Waals surface area contributed by atoms with E-state index in [0.717, 1.165) is 5.56 Å². The maximum Gasteiger partial charge on any atom is 0.345 e. The normalized spacial score (nSPS) is 11.3. The number of amides is 1. The number of hydrogen-bond donors (Lipinski definition) is 1. The monoisotopic (exact) mass is 415 g/mol. The maximum atomic E-state index is 12.5. The molecule has 0 saturated carbocycles. The molecule has 0 radical (unpaired) electrons. The van der Waals surface area contributed by atoms with Crippen LogP contribution in [0.4, 0.5) is 0 Å². The number of benzene rings is 1. The van der Waals surface area contributed by atoms with Crippen LogP contribution in [0.5, 0.6) is 5.75 Å². The quantitative estimate of drug-likeness (QED) is 0.639. The highest BCUT2D eigenvalue weighted by Crippen LogP contribution is 2.21. The van der Waals surface area contributed by atoms with Crippen LogP contribution in [0.3, 0.4) is 0 Å². The molecule has 0 saturated heterocycles. The van der Waals surface area contributed by atoms with Gasteiger partial charge in [-0.25, -0.2) is 9.48 Å². The molecule has 3 rings (SSSR count). The highest BCUT2D eigenvalue weighted by Gasteiger charge is 2.29. The number of rotatable bonds is 7. The summed E-state index contributed by atoms with van der Waals surface area (Å²) in [5, 5.41) is 7.72. The fourth-order valence-electron chi connectivity index (χ4n) is 2.71. The average molecular weight is 416 g/mol. The zero-order valence-corrected chi connectivity index (χ0v) is 17.2. The van der Waals surface area contributed by atoms with Crippen molar-refractivity contribution in [2.75, 3.05) is 6.54 Å². The minimum absolute atomic E-state index is 0.232. The Balaban J connectivity index is 1.61. The van der Waals surface area contributed by atoms with Crippen molar-refractivity contribution in [2.24, 2.45) is 7.05 Å². The van der Waals surface area contributed by atoms with E-state index in [0.29, 0.717) is 16.6 Å². The van der Waals surface area contributed by atoms with Gasteiger partial charge in [0.05, 0.1) is 6.54 Å². The summed E-state index contributed by atoms with van der Waals surface area (Å²) in [5.41, 5.74) is -0.619. The second kappa shape index (κ2) is 8.48. The molecule has 0 atom stereocenters. The minimum Gasteiger partial charge on any atom is -0.478 e. The van der Waals surface area contributed by atoms with Crippen LogP contribution in [-0.2, 0) is 18.4 Å². The number of nitrogens with zero attached hydrogens (tertiary/aromatic N) is 4. The van der Waals surface area contributed by atoms with Crippen molar-refractivity contribution < 1.29 is 9.53 Å². The van der Waals surface area contributed by atoms with Crippen molar-refractivity contribution in [1.82, 2.24) is 24.6 Å². The minimum atomic E-state index is -1.09.